The van der Waals surface area contributed by atoms with Gasteiger partial charge in [0.2, 0.25) is 0 Å². The Bertz CT molecular complexity index is 918. The van der Waals surface area contributed by atoms with Crippen molar-refractivity contribution in [3.63, 3.8) is 0 Å². The Morgan fingerprint density at radius 2 is 1.58 bits per heavy atom. The molecule has 0 spiro atoms. The van der Waals surface area contributed by atoms with Gasteiger partial charge in [0.1, 0.15) is 5.82 Å². The van der Waals surface area contributed by atoms with E-state index in [1.165, 1.54) is 24.4 Å². The fourth-order valence-electron chi connectivity index (χ4n) is 2.59. The van der Waals surface area contributed by atoms with Crippen LogP contribution in [0.5, 0.6) is 0 Å². The van der Waals surface area contributed by atoms with Gasteiger partial charge in [0.05, 0.1) is 6.67 Å². The second-order valence-electron chi connectivity index (χ2n) is 5.42. The molecule has 1 atom stereocenters. The molecule has 1 heterocycles. The molecule has 0 saturated heterocycles. The number of pyridine rings is 1. The Morgan fingerprint density at radius 3 is 2.08 bits per heavy atom. The summed E-state index contributed by atoms with van der Waals surface area (Å²) in [7, 11) is -3.88. The normalized spacial score (nSPS) is 17.5. The fourth-order valence-corrected chi connectivity index (χ4v) is 3.04. The van der Waals surface area contributed by atoms with Gasteiger partial charge < -0.3 is 0 Å². The molecule has 1 aliphatic rings. The standard InChI is InChI=1S/C17H14F2N2O2S/c18-9-11-7-15(12-1-4-14(19)5-2-12)16(8-11)13-3-6-17(21-10-13)24(20,22)23/h1-8,10-11H,9H2,(H2,20,22,23). The van der Waals surface area contributed by atoms with Crippen molar-refractivity contribution in [2.24, 2.45) is 11.1 Å². The third-order valence-corrected chi connectivity index (χ3v) is 4.55. The molecule has 0 radical (unpaired) electrons. The fraction of sp³-hybridized carbons (Fsp3) is 0.118. The van der Waals surface area contributed by atoms with Crippen molar-refractivity contribution in [2.75, 3.05) is 6.67 Å². The van der Waals surface area contributed by atoms with E-state index in [0.29, 0.717) is 5.56 Å². The van der Waals surface area contributed by atoms with Gasteiger partial charge in [0.15, 0.2) is 5.03 Å². The molecule has 4 nitrogen and oxygen atoms in total. The minimum absolute atomic E-state index is 0.237. The lowest BCUT2D eigenvalue weighted by molar-refractivity contribution is 0.455. The Balaban J connectivity index is 2.01. The number of nitrogens with zero attached hydrogens (tertiary/aromatic N) is 1. The molecule has 7 heteroatoms. The monoisotopic (exact) mass is 348 g/mol. The average molecular weight is 348 g/mol. The van der Waals surface area contributed by atoms with Gasteiger partial charge in [-0.05, 0) is 41.0 Å². The van der Waals surface area contributed by atoms with Gasteiger partial charge in [-0.15, -0.1) is 0 Å². The van der Waals surface area contributed by atoms with E-state index in [4.69, 9.17) is 5.14 Å². The zero-order chi connectivity index (χ0) is 17.3. The Labute approximate surface area is 138 Å². The number of halogens is 2. The highest BCUT2D eigenvalue weighted by molar-refractivity contribution is 7.89. The maximum atomic E-state index is 13.1. The van der Waals surface area contributed by atoms with Crippen LogP contribution in [0.4, 0.5) is 8.78 Å². The van der Waals surface area contributed by atoms with Crippen molar-refractivity contribution in [1.29, 1.82) is 0 Å². The maximum absolute atomic E-state index is 13.1. The summed E-state index contributed by atoms with van der Waals surface area (Å²) in [5.74, 6) is -0.748. The molecule has 1 unspecified atom stereocenters. The zero-order valence-electron chi connectivity index (χ0n) is 12.5. The second-order valence-corrected chi connectivity index (χ2v) is 6.92. The number of aromatic nitrogens is 1. The first-order valence-corrected chi connectivity index (χ1v) is 8.68. The predicted octanol–water partition coefficient (Wildman–Crippen LogP) is 2.93. The average Bonchev–Trinajstić information content (AvgIpc) is 2.99. The molecule has 0 amide bonds. The van der Waals surface area contributed by atoms with Gasteiger partial charge in [-0.3, -0.25) is 4.39 Å². The van der Waals surface area contributed by atoms with E-state index < -0.39 is 22.6 Å². The van der Waals surface area contributed by atoms with E-state index >= 15 is 0 Å². The summed E-state index contributed by atoms with van der Waals surface area (Å²) in [6, 6.07) is 8.76. The topological polar surface area (TPSA) is 73.1 Å². The van der Waals surface area contributed by atoms with Crippen molar-refractivity contribution < 1.29 is 17.2 Å². The summed E-state index contributed by atoms with van der Waals surface area (Å²) in [5, 5.41) is 4.80. The molecule has 2 N–H and O–H groups in total. The smallest absolute Gasteiger partial charge is 0.250 e. The predicted molar refractivity (Wildman–Crippen MR) is 87.4 cm³/mol. The lowest BCUT2D eigenvalue weighted by Gasteiger charge is -2.10. The number of sulfonamides is 1. The summed E-state index contributed by atoms with van der Waals surface area (Å²) >= 11 is 0. The van der Waals surface area contributed by atoms with Crippen LogP contribution in [0.3, 0.4) is 0 Å². The summed E-state index contributed by atoms with van der Waals surface area (Å²) in [5.41, 5.74) is 2.85. The van der Waals surface area contributed by atoms with Crippen LogP contribution < -0.4 is 5.14 Å². The molecule has 124 valence electrons. The molecular weight excluding hydrogens is 334 g/mol. The van der Waals surface area contributed by atoms with E-state index in [-0.39, 0.29) is 10.8 Å². The lowest BCUT2D eigenvalue weighted by atomic mass is 9.96. The van der Waals surface area contributed by atoms with Gasteiger partial charge in [0, 0.05) is 17.7 Å². The van der Waals surface area contributed by atoms with Gasteiger partial charge in [0.25, 0.3) is 10.0 Å². The van der Waals surface area contributed by atoms with Crippen molar-refractivity contribution in [2.45, 2.75) is 5.03 Å². The van der Waals surface area contributed by atoms with Crippen LogP contribution in [-0.4, -0.2) is 20.1 Å². The first-order chi connectivity index (χ1) is 11.4. The van der Waals surface area contributed by atoms with Crippen LogP contribution in [0.1, 0.15) is 11.1 Å². The minimum atomic E-state index is -3.88. The molecule has 3 rings (SSSR count). The van der Waals surface area contributed by atoms with Crippen molar-refractivity contribution in [3.8, 4) is 0 Å². The van der Waals surface area contributed by atoms with E-state index in [0.717, 1.165) is 16.7 Å². The van der Waals surface area contributed by atoms with Crippen molar-refractivity contribution in [1.82, 2.24) is 4.98 Å². The zero-order valence-corrected chi connectivity index (χ0v) is 13.3. The van der Waals surface area contributed by atoms with Crippen LogP contribution in [0, 0.1) is 11.7 Å². The summed E-state index contributed by atoms with van der Waals surface area (Å²) < 4.78 is 48.8. The van der Waals surface area contributed by atoms with Gasteiger partial charge in [-0.2, -0.15) is 0 Å². The van der Waals surface area contributed by atoms with E-state index in [9.17, 15) is 17.2 Å². The summed E-state index contributed by atoms with van der Waals surface area (Å²) in [6.07, 6.45) is 4.88. The molecule has 24 heavy (non-hydrogen) atoms. The molecule has 1 aliphatic carbocycles. The van der Waals surface area contributed by atoms with E-state index in [1.807, 2.05) is 0 Å². The molecule has 1 aromatic heterocycles. The Hall–Kier alpha value is -2.38. The molecule has 1 aromatic carbocycles. The third kappa shape index (κ3) is 3.27. The summed E-state index contributed by atoms with van der Waals surface area (Å²) in [4.78, 5) is 3.85. The number of hydrogen-bond donors (Lipinski definition) is 1. The largest absolute Gasteiger partial charge is 0.255 e. The molecule has 2 aromatic rings. The van der Waals surface area contributed by atoms with Crippen LogP contribution in [0.15, 0.2) is 59.8 Å². The first kappa shape index (κ1) is 16.5. The number of benzene rings is 1. The molecule has 0 fully saturated rings. The van der Waals surface area contributed by atoms with E-state index in [2.05, 4.69) is 4.98 Å². The molecule has 0 bridgehead atoms. The van der Waals surface area contributed by atoms with E-state index in [1.54, 1.807) is 30.4 Å². The highest BCUT2D eigenvalue weighted by atomic mass is 32.2. The summed E-state index contributed by atoms with van der Waals surface area (Å²) in [6.45, 7) is -0.559. The molecular formula is C17H14F2N2O2S. The number of hydrogen-bond acceptors (Lipinski definition) is 3. The molecule has 0 aliphatic heterocycles. The van der Waals surface area contributed by atoms with Gasteiger partial charge in [-0.1, -0.05) is 24.3 Å². The van der Waals surface area contributed by atoms with Crippen LogP contribution in [-0.2, 0) is 10.0 Å². The van der Waals surface area contributed by atoms with Crippen LogP contribution in [0.2, 0.25) is 0 Å². The van der Waals surface area contributed by atoms with Crippen LogP contribution in [0.25, 0.3) is 11.1 Å². The minimum Gasteiger partial charge on any atom is -0.250 e. The Morgan fingerprint density at radius 1 is 1.00 bits per heavy atom. The number of rotatable bonds is 4. The Kier molecular flexibility index (Phi) is 4.29. The maximum Gasteiger partial charge on any atom is 0.255 e. The lowest BCUT2D eigenvalue weighted by Crippen LogP contribution is -2.13. The van der Waals surface area contributed by atoms with Crippen molar-refractivity contribution >= 4 is 21.2 Å². The van der Waals surface area contributed by atoms with Crippen LogP contribution >= 0.6 is 0 Å². The SMILES string of the molecule is NS(=O)(=O)c1ccc(C2=CC(CF)C=C2c2ccc(F)cc2)cn1. The first-order valence-electron chi connectivity index (χ1n) is 7.13. The highest BCUT2D eigenvalue weighted by Gasteiger charge is 2.21. The number of nitrogens with two attached hydrogens (primary N) is 1. The number of allylic oxidation sites excluding steroid dienone is 4. The van der Waals surface area contributed by atoms with Gasteiger partial charge >= 0.3 is 0 Å². The van der Waals surface area contributed by atoms with Gasteiger partial charge in [-0.25, -0.2) is 22.9 Å². The molecule has 0 saturated carbocycles. The number of alkyl halides is 1. The second kappa shape index (κ2) is 6.26. The number of primary sulfonamides is 1. The third-order valence-electron chi connectivity index (χ3n) is 3.72. The highest BCUT2D eigenvalue weighted by Crippen LogP contribution is 2.38. The quantitative estimate of drug-likeness (QED) is 0.923. The van der Waals surface area contributed by atoms with Crippen molar-refractivity contribution in [3.05, 3.63) is 71.7 Å².